The maximum atomic E-state index is 11.6. The lowest BCUT2D eigenvalue weighted by Crippen LogP contribution is -2.45. The molecule has 5 nitrogen and oxygen atoms in total. The summed E-state index contributed by atoms with van der Waals surface area (Å²) < 4.78 is 0. The fraction of sp³-hybridized carbons (Fsp3) is 0.800. The molecular formula is C10H20N2O3S. The van der Waals surface area contributed by atoms with Gasteiger partial charge >= 0.3 is 5.97 Å². The number of nitrogens with two attached hydrogens (primary N) is 1. The van der Waals surface area contributed by atoms with Gasteiger partial charge in [0.15, 0.2) is 0 Å². The van der Waals surface area contributed by atoms with Gasteiger partial charge in [-0.2, -0.15) is 11.8 Å². The lowest BCUT2D eigenvalue weighted by atomic mass is 10.1. The number of amides is 1. The smallest absolute Gasteiger partial charge is 0.326 e. The largest absolute Gasteiger partial charge is 0.480 e. The van der Waals surface area contributed by atoms with Crippen molar-refractivity contribution >= 4 is 23.6 Å². The Morgan fingerprint density at radius 3 is 2.50 bits per heavy atom. The molecule has 16 heavy (non-hydrogen) atoms. The summed E-state index contributed by atoms with van der Waals surface area (Å²) in [6.07, 6.45) is 2.95. The van der Waals surface area contributed by atoms with Gasteiger partial charge in [0, 0.05) is 12.5 Å². The van der Waals surface area contributed by atoms with Crippen LogP contribution in [0.1, 0.15) is 19.8 Å². The summed E-state index contributed by atoms with van der Waals surface area (Å²) in [5.74, 6) is -0.847. The van der Waals surface area contributed by atoms with Gasteiger partial charge in [0.1, 0.15) is 6.04 Å². The summed E-state index contributed by atoms with van der Waals surface area (Å²) in [5.41, 5.74) is 5.42. The molecular weight excluding hydrogens is 228 g/mol. The maximum Gasteiger partial charge on any atom is 0.326 e. The van der Waals surface area contributed by atoms with Crippen LogP contribution in [0.2, 0.25) is 0 Å². The van der Waals surface area contributed by atoms with Gasteiger partial charge in [0.05, 0.1) is 0 Å². The van der Waals surface area contributed by atoms with E-state index in [2.05, 4.69) is 5.32 Å². The molecule has 0 bridgehead atoms. The molecule has 0 saturated heterocycles. The van der Waals surface area contributed by atoms with E-state index in [1.54, 1.807) is 11.8 Å². The van der Waals surface area contributed by atoms with Crippen LogP contribution in [0.15, 0.2) is 0 Å². The van der Waals surface area contributed by atoms with Gasteiger partial charge in [-0.15, -0.1) is 0 Å². The van der Waals surface area contributed by atoms with Crippen LogP contribution in [0, 0.1) is 5.92 Å². The molecule has 0 fully saturated rings. The van der Waals surface area contributed by atoms with E-state index in [-0.39, 0.29) is 18.4 Å². The molecule has 1 amide bonds. The molecule has 0 spiro atoms. The summed E-state index contributed by atoms with van der Waals surface area (Å²) in [5, 5.41) is 11.4. The molecule has 2 atom stereocenters. The minimum atomic E-state index is -0.991. The monoisotopic (exact) mass is 248 g/mol. The number of carbonyl (C=O) groups excluding carboxylic acids is 1. The Morgan fingerprint density at radius 1 is 1.50 bits per heavy atom. The Kier molecular flexibility index (Phi) is 8.01. The van der Waals surface area contributed by atoms with Gasteiger partial charge in [-0.25, -0.2) is 4.79 Å². The molecule has 0 aliphatic rings. The SMILES string of the molecule is CCC(CN)C(=O)N[C@@H](CCSC)C(=O)O. The van der Waals surface area contributed by atoms with E-state index in [1.165, 1.54) is 0 Å². The third-order valence-electron chi connectivity index (χ3n) is 2.37. The Morgan fingerprint density at radius 2 is 2.12 bits per heavy atom. The summed E-state index contributed by atoms with van der Waals surface area (Å²) in [6, 6.07) is -0.805. The molecule has 0 aromatic carbocycles. The van der Waals surface area contributed by atoms with Crippen molar-refractivity contribution in [3.63, 3.8) is 0 Å². The highest BCUT2D eigenvalue weighted by molar-refractivity contribution is 7.98. The van der Waals surface area contributed by atoms with E-state index in [0.717, 1.165) is 0 Å². The number of nitrogens with one attached hydrogen (secondary N) is 1. The van der Waals surface area contributed by atoms with E-state index in [9.17, 15) is 9.59 Å². The van der Waals surface area contributed by atoms with E-state index in [0.29, 0.717) is 18.6 Å². The zero-order valence-corrected chi connectivity index (χ0v) is 10.5. The van der Waals surface area contributed by atoms with Crippen LogP contribution < -0.4 is 11.1 Å². The number of carboxylic acids is 1. The van der Waals surface area contributed by atoms with Crippen LogP contribution in [0.5, 0.6) is 0 Å². The van der Waals surface area contributed by atoms with Gasteiger partial charge in [-0.3, -0.25) is 4.79 Å². The van der Waals surface area contributed by atoms with Crippen molar-refractivity contribution in [2.24, 2.45) is 11.7 Å². The van der Waals surface area contributed by atoms with E-state index in [1.807, 2.05) is 13.2 Å². The first kappa shape index (κ1) is 15.2. The summed E-state index contributed by atoms with van der Waals surface area (Å²) in [7, 11) is 0. The molecule has 0 aromatic heterocycles. The zero-order valence-electron chi connectivity index (χ0n) is 9.73. The number of thioether (sulfide) groups is 1. The van der Waals surface area contributed by atoms with Gasteiger partial charge in [0.25, 0.3) is 0 Å². The minimum absolute atomic E-state index is 0.247. The van der Waals surface area contributed by atoms with Crippen molar-refractivity contribution in [3.05, 3.63) is 0 Å². The van der Waals surface area contributed by atoms with E-state index < -0.39 is 12.0 Å². The second-order valence-electron chi connectivity index (χ2n) is 3.52. The van der Waals surface area contributed by atoms with Crippen molar-refractivity contribution in [1.82, 2.24) is 5.32 Å². The Bertz CT molecular complexity index is 232. The standard InChI is InChI=1S/C10H20N2O3S/c1-3-7(6-11)9(13)12-8(10(14)15)4-5-16-2/h7-8H,3-6,11H2,1-2H3,(H,12,13)(H,14,15)/t7?,8-/m0/s1. The molecule has 1 unspecified atom stereocenters. The number of carboxylic acid groups (broad SMARTS) is 1. The molecule has 0 radical (unpaired) electrons. The fourth-order valence-electron chi connectivity index (χ4n) is 1.24. The molecule has 0 rings (SSSR count). The first-order valence-electron chi connectivity index (χ1n) is 5.28. The third kappa shape index (κ3) is 5.37. The van der Waals surface area contributed by atoms with Crippen molar-refractivity contribution in [3.8, 4) is 0 Å². The lowest BCUT2D eigenvalue weighted by Gasteiger charge is -2.18. The molecule has 6 heteroatoms. The molecule has 0 heterocycles. The second-order valence-corrected chi connectivity index (χ2v) is 4.51. The number of aliphatic carboxylic acids is 1. The predicted molar refractivity (Wildman–Crippen MR) is 65.4 cm³/mol. The van der Waals surface area contributed by atoms with Crippen molar-refractivity contribution in [2.75, 3.05) is 18.6 Å². The van der Waals surface area contributed by atoms with E-state index in [4.69, 9.17) is 10.8 Å². The first-order valence-corrected chi connectivity index (χ1v) is 6.68. The van der Waals surface area contributed by atoms with E-state index >= 15 is 0 Å². The van der Waals surface area contributed by atoms with Gasteiger partial charge in [0.2, 0.25) is 5.91 Å². The Hall–Kier alpha value is -0.750. The maximum absolute atomic E-state index is 11.6. The number of rotatable bonds is 8. The molecule has 94 valence electrons. The first-order chi connectivity index (χ1) is 7.56. The van der Waals surface area contributed by atoms with Crippen molar-refractivity contribution in [2.45, 2.75) is 25.8 Å². The van der Waals surface area contributed by atoms with Crippen molar-refractivity contribution < 1.29 is 14.7 Å². The van der Waals surface area contributed by atoms with Crippen LogP contribution in [-0.4, -0.2) is 41.6 Å². The summed E-state index contributed by atoms with van der Waals surface area (Å²) in [6.45, 7) is 2.10. The molecule has 0 aliphatic heterocycles. The van der Waals surface area contributed by atoms with Gasteiger partial charge < -0.3 is 16.2 Å². The lowest BCUT2D eigenvalue weighted by molar-refractivity contribution is -0.142. The second kappa shape index (κ2) is 8.41. The highest BCUT2D eigenvalue weighted by Gasteiger charge is 2.22. The third-order valence-corrected chi connectivity index (χ3v) is 3.02. The molecule has 4 N–H and O–H groups in total. The van der Waals surface area contributed by atoms with Crippen LogP contribution in [-0.2, 0) is 9.59 Å². The minimum Gasteiger partial charge on any atom is -0.480 e. The highest BCUT2D eigenvalue weighted by atomic mass is 32.2. The van der Waals surface area contributed by atoms with Gasteiger partial charge in [-0.05, 0) is 24.9 Å². The predicted octanol–water partition coefficient (Wildman–Crippen LogP) is 0.294. The average Bonchev–Trinajstić information content (AvgIpc) is 2.25. The quantitative estimate of drug-likeness (QED) is 0.574. The van der Waals surface area contributed by atoms with Crippen LogP contribution >= 0.6 is 11.8 Å². The molecule has 0 aliphatic carbocycles. The van der Waals surface area contributed by atoms with Crippen molar-refractivity contribution in [1.29, 1.82) is 0 Å². The normalized spacial score (nSPS) is 14.2. The van der Waals surface area contributed by atoms with Crippen LogP contribution in [0.25, 0.3) is 0 Å². The molecule has 0 aromatic rings. The Labute approximate surface area is 100 Å². The Balaban J connectivity index is 4.27. The molecule has 0 saturated carbocycles. The fourth-order valence-corrected chi connectivity index (χ4v) is 1.71. The highest BCUT2D eigenvalue weighted by Crippen LogP contribution is 2.04. The average molecular weight is 248 g/mol. The van der Waals surface area contributed by atoms with Gasteiger partial charge in [-0.1, -0.05) is 6.92 Å². The zero-order chi connectivity index (χ0) is 12.6. The van der Waals surface area contributed by atoms with Crippen LogP contribution in [0.3, 0.4) is 0 Å². The summed E-state index contributed by atoms with van der Waals surface area (Å²) in [4.78, 5) is 22.5. The number of hydrogen-bond donors (Lipinski definition) is 3. The summed E-state index contributed by atoms with van der Waals surface area (Å²) >= 11 is 1.56. The number of carbonyl (C=O) groups is 2. The number of hydrogen-bond acceptors (Lipinski definition) is 4. The van der Waals surface area contributed by atoms with Crippen LogP contribution in [0.4, 0.5) is 0 Å². The topological polar surface area (TPSA) is 92.4 Å².